The summed E-state index contributed by atoms with van der Waals surface area (Å²) >= 11 is 0. The summed E-state index contributed by atoms with van der Waals surface area (Å²) in [6.45, 7) is 6.83. The lowest BCUT2D eigenvalue weighted by atomic mass is 9.77. The zero-order valence-corrected chi connectivity index (χ0v) is 35.8. The van der Waals surface area contributed by atoms with Gasteiger partial charge in [0.25, 0.3) is 5.91 Å². The second-order valence-corrected chi connectivity index (χ2v) is 19.3. The first-order valence-electron chi connectivity index (χ1n) is 21.1. The molecular weight excluding hydrogens is 830 g/mol. The highest BCUT2D eigenvalue weighted by Crippen LogP contribution is 2.57. The number of anilines is 1. The Hall–Kier alpha value is -6.53. The van der Waals surface area contributed by atoms with Gasteiger partial charge in [-0.05, 0) is 123 Å². The second kappa shape index (κ2) is 14.0. The number of fused-ring (bicyclic) bond motifs is 5. The van der Waals surface area contributed by atoms with Gasteiger partial charge in [-0.2, -0.15) is 5.10 Å². The molecule has 63 heavy (non-hydrogen) atoms. The lowest BCUT2D eigenvalue weighted by molar-refractivity contribution is 0.00511. The zero-order valence-electron chi connectivity index (χ0n) is 35.0. The summed E-state index contributed by atoms with van der Waals surface area (Å²) in [6, 6.07) is 17.5. The Morgan fingerprint density at radius 1 is 0.968 bits per heavy atom. The number of sulfonamides is 1. The van der Waals surface area contributed by atoms with Crippen LogP contribution in [0.15, 0.2) is 87.2 Å². The normalized spacial score (nSPS) is 22.0. The first-order chi connectivity index (χ1) is 30.2. The van der Waals surface area contributed by atoms with E-state index in [0.29, 0.717) is 83.9 Å². The third-order valence-electron chi connectivity index (χ3n) is 13.6. The van der Waals surface area contributed by atoms with Crippen LogP contribution in [0.1, 0.15) is 88.8 Å². The number of aromatic amines is 1. The van der Waals surface area contributed by atoms with Gasteiger partial charge in [0.15, 0.2) is 5.82 Å². The molecular formula is C45H44FN9O7S. The minimum absolute atomic E-state index is 0.0218. The van der Waals surface area contributed by atoms with Crippen LogP contribution in [0.2, 0.25) is 0 Å². The second-order valence-electron chi connectivity index (χ2n) is 17.6. The van der Waals surface area contributed by atoms with Crippen molar-refractivity contribution in [2.24, 2.45) is 5.92 Å². The van der Waals surface area contributed by atoms with Gasteiger partial charge >= 0.3 is 11.4 Å². The van der Waals surface area contributed by atoms with Crippen LogP contribution in [-0.2, 0) is 26.7 Å². The molecule has 1 amide bonds. The molecule has 2 bridgehead atoms. The van der Waals surface area contributed by atoms with Crippen molar-refractivity contribution >= 4 is 32.5 Å². The number of nitrogens with one attached hydrogen (secondary N) is 2. The molecule has 4 aliphatic rings. The quantitative estimate of drug-likeness (QED) is 0.182. The first-order valence-corrected chi connectivity index (χ1v) is 23.0. The van der Waals surface area contributed by atoms with E-state index >= 15 is 9.18 Å². The third-order valence-corrected chi connectivity index (χ3v) is 14.2. The summed E-state index contributed by atoms with van der Waals surface area (Å²) in [5.41, 5.74) is 4.93. The minimum Gasteiger partial charge on any atom is -0.381 e. The molecule has 16 nitrogen and oxygen atoms in total. The molecule has 4 aromatic heterocycles. The molecule has 7 aromatic rings. The smallest absolute Gasteiger partial charge is 0.381 e. The van der Waals surface area contributed by atoms with Crippen LogP contribution < -0.4 is 16.2 Å². The fraction of sp³-hybridized carbons (Fsp3) is 0.356. The average Bonchev–Trinajstić information content (AvgIpc) is 3.75. The van der Waals surface area contributed by atoms with Crippen molar-refractivity contribution in [1.29, 1.82) is 0 Å². The number of benzene rings is 3. The van der Waals surface area contributed by atoms with Crippen molar-refractivity contribution in [3.05, 3.63) is 139 Å². The van der Waals surface area contributed by atoms with Crippen molar-refractivity contribution in [2.45, 2.75) is 76.4 Å². The first kappa shape index (κ1) is 39.3. The van der Waals surface area contributed by atoms with Gasteiger partial charge in [0.1, 0.15) is 22.9 Å². The number of H-pyrrole nitrogens is 1. The van der Waals surface area contributed by atoms with Crippen LogP contribution >= 0.6 is 0 Å². The van der Waals surface area contributed by atoms with Crippen LogP contribution in [0.4, 0.5) is 10.1 Å². The topological polar surface area (TPSA) is 184 Å². The van der Waals surface area contributed by atoms with Gasteiger partial charge in [0, 0.05) is 60.2 Å². The van der Waals surface area contributed by atoms with Crippen LogP contribution in [-0.4, -0.2) is 78.4 Å². The van der Waals surface area contributed by atoms with Crippen LogP contribution in [0.3, 0.4) is 0 Å². The molecule has 18 heteroatoms. The lowest BCUT2D eigenvalue weighted by Gasteiger charge is -2.52. The number of carbonyl (C=O) groups excluding carboxylic acids is 1. The summed E-state index contributed by atoms with van der Waals surface area (Å²) in [4.78, 5) is 47.1. The van der Waals surface area contributed by atoms with Gasteiger partial charge in [0.05, 0.1) is 29.4 Å². The van der Waals surface area contributed by atoms with E-state index in [2.05, 4.69) is 40.0 Å². The molecule has 3 aromatic carbocycles. The van der Waals surface area contributed by atoms with Crippen molar-refractivity contribution in [3.8, 4) is 17.2 Å². The molecule has 2 aliphatic heterocycles. The molecule has 11 rings (SSSR count). The fourth-order valence-electron chi connectivity index (χ4n) is 10.4. The number of ether oxygens (including phenoxy) is 1. The fourth-order valence-corrected chi connectivity index (χ4v) is 11.0. The zero-order chi connectivity index (χ0) is 43.7. The molecule has 2 aliphatic carbocycles. The minimum atomic E-state index is -3.51. The van der Waals surface area contributed by atoms with E-state index in [1.54, 1.807) is 67.3 Å². The number of imidazole rings is 1. The highest BCUT2D eigenvalue weighted by molar-refractivity contribution is 7.92. The molecule has 2 saturated heterocycles. The Balaban J connectivity index is 1.04. The monoisotopic (exact) mass is 873 g/mol. The number of carbonyl (C=O) groups is 1. The maximum absolute atomic E-state index is 15.5. The molecule has 2 N–H and O–H groups in total. The number of rotatable bonds is 9. The van der Waals surface area contributed by atoms with Crippen molar-refractivity contribution in [2.75, 3.05) is 24.2 Å². The summed E-state index contributed by atoms with van der Waals surface area (Å²) in [6.07, 6.45) is 7.84. The molecule has 1 saturated carbocycles. The number of aromatic nitrogens is 7. The standard InChI is InChI=1S/C45H44FN9O7S/c1-24-17-33(18-25(2)39(24)46)55-40(52-14-13-51(44(52)58)31-8-6-30(7-9-31)50-63(4,59)60)38-34(48-55)21-32-22-36(38)53(32)41(56)37-20-29-19-28(27-11-15-61-16-12-27)5-10-35(29)54(37)45(23-26(45)3)42-47-43(57)62-49-42/h5-10,13-14,17-20,26-27,32,36,50H,11-12,15-16,21-23H2,1-4H3,(H,47,49,57). The van der Waals surface area contributed by atoms with Crippen LogP contribution in [0.5, 0.6) is 0 Å². The molecule has 4 unspecified atom stereocenters. The lowest BCUT2D eigenvalue weighted by Crippen LogP contribution is -2.58. The summed E-state index contributed by atoms with van der Waals surface area (Å²) in [5, 5.41) is 10.2. The molecule has 6 heterocycles. The largest absolute Gasteiger partial charge is 0.438 e. The van der Waals surface area contributed by atoms with Gasteiger partial charge in [-0.15, -0.1) is 0 Å². The molecule has 4 atom stereocenters. The highest BCUT2D eigenvalue weighted by Gasteiger charge is 2.60. The number of hydrogen-bond acceptors (Lipinski definition) is 9. The van der Waals surface area contributed by atoms with Gasteiger partial charge < -0.3 is 14.2 Å². The Morgan fingerprint density at radius 2 is 1.68 bits per heavy atom. The number of nitrogens with zero attached hydrogens (tertiary/aromatic N) is 7. The summed E-state index contributed by atoms with van der Waals surface area (Å²) in [5.74, 6) is -0.0443. The predicted octanol–water partition coefficient (Wildman–Crippen LogP) is 5.76. The SMILES string of the molecule is Cc1cc(-n2nc3c(c2-n2ccn(-c4ccc(NS(C)(=O)=O)cc4)c2=O)C2CC(C3)N2C(=O)c2cc3cc(C4CCOCC4)ccc3n2C2(c3noc(=O)[nH]3)CC2C)cc(C)c1F. The number of halogens is 1. The Kier molecular flexibility index (Phi) is 8.73. The Labute approximate surface area is 359 Å². The predicted molar refractivity (Wildman–Crippen MR) is 230 cm³/mol. The van der Waals surface area contributed by atoms with E-state index in [9.17, 15) is 18.0 Å². The van der Waals surface area contributed by atoms with Crippen molar-refractivity contribution < 1.29 is 26.9 Å². The third kappa shape index (κ3) is 6.16. The van der Waals surface area contributed by atoms with E-state index in [1.165, 1.54) is 14.7 Å². The maximum Gasteiger partial charge on any atom is 0.438 e. The van der Waals surface area contributed by atoms with Gasteiger partial charge in [-0.25, -0.2) is 27.1 Å². The van der Waals surface area contributed by atoms with Gasteiger partial charge in [-0.3, -0.25) is 28.2 Å². The molecule has 3 fully saturated rings. The number of amides is 1. The van der Waals surface area contributed by atoms with E-state index in [4.69, 9.17) is 14.4 Å². The maximum atomic E-state index is 15.5. The highest BCUT2D eigenvalue weighted by atomic mass is 32.2. The molecule has 324 valence electrons. The molecule has 0 spiro atoms. The van der Waals surface area contributed by atoms with E-state index in [0.717, 1.165) is 41.3 Å². The molecule has 0 radical (unpaired) electrons. The number of hydrogen-bond donors (Lipinski definition) is 2. The Morgan fingerprint density at radius 3 is 2.35 bits per heavy atom. The van der Waals surface area contributed by atoms with Gasteiger partial charge in [-0.1, -0.05) is 18.1 Å². The Bertz CT molecular complexity index is 3240. The van der Waals surface area contributed by atoms with Crippen LogP contribution in [0, 0.1) is 25.6 Å². The summed E-state index contributed by atoms with van der Waals surface area (Å²) in [7, 11) is -3.51. The van der Waals surface area contributed by atoms with E-state index < -0.39 is 33.0 Å². The van der Waals surface area contributed by atoms with E-state index in [1.807, 2.05) is 15.5 Å². The summed E-state index contributed by atoms with van der Waals surface area (Å²) < 4.78 is 58.6. The van der Waals surface area contributed by atoms with Crippen LogP contribution in [0.25, 0.3) is 28.1 Å². The van der Waals surface area contributed by atoms with Crippen molar-refractivity contribution in [3.63, 3.8) is 0 Å². The average molecular weight is 874 g/mol. The number of aryl methyl sites for hydroxylation is 2. The van der Waals surface area contributed by atoms with Gasteiger partial charge in [0.2, 0.25) is 10.0 Å². The van der Waals surface area contributed by atoms with Crippen molar-refractivity contribution in [1.82, 2.24) is 38.5 Å². The van der Waals surface area contributed by atoms with E-state index in [-0.39, 0.29) is 23.7 Å². The number of likely N-dealkylation sites (tertiary alicyclic amines) is 1.